The van der Waals surface area contributed by atoms with Crippen LogP contribution in [0.1, 0.15) is 10.4 Å². The van der Waals surface area contributed by atoms with Gasteiger partial charge in [-0.3, -0.25) is 0 Å². The molecule has 2 aromatic rings. The number of carboxylic acids is 1. The molecule has 1 fully saturated rings. The van der Waals surface area contributed by atoms with Gasteiger partial charge >= 0.3 is 5.97 Å². The zero-order valence-electron chi connectivity index (χ0n) is 11.2. The van der Waals surface area contributed by atoms with Crippen LogP contribution in [0, 0.1) is 0 Å². The Balaban J connectivity index is 1.69. The van der Waals surface area contributed by atoms with Crippen LogP contribution in [-0.2, 0) is 0 Å². The summed E-state index contributed by atoms with van der Waals surface area (Å²) >= 11 is 4.99. The highest BCUT2D eigenvalue weighted by Gasteiger charge is 2.20. The molecule has 1 aromatic heterocycles. The Morgan fingerprint density at radius 3 is 2.52 bits per heavy atom. The van der Waals surface area contributed by atoms with Gasteiger partial charge in [0.15, 0.2) is 5.13 Å². The van der Waals surface area contributed by atoms with Gasteiger partial charge in [0.1, 0.15) is 0 Å². The Morgan fingerprint density at radius 2 is 1.95 bits per heavy atom. The van der Waals surface area contributed by atoms with Crippen molar-refractivity contribution in [2.75, 3.05) is 36.0 Å². The van der Waals surface area contributed by atoms with Crippen LogP contribution in [0.3, 0.4) is 0 Å². The first kappa shape index (κ1) is 14.3. The third-order valence-corrected chi connectivity index (χ3v) is 5.01. The molecule has 110 valence electrons. The fraction of sp³-hybridized carbons (Fsp3) is 0.286. The van der Waals surface area contributed by atoms with E-state index < -0.39 is 5.97 Å². The minimum absolute atomic E-state index is 0.292. The molecule has 2 heterocycles. The molecule has 1 aromatic carbocycles. The zero-order valence-corrected chi connectivity index (χ0v) is 13.6. The molecule has 1 saturated heterocycles. The van der Waals surface area contributed by atoms with Crippen molar-refractivity contribution in [3.05, 3.63) is 39.8 Å². The Bertz CT molecular complexity index is 640. The molecule has 7 heteroatoms. The molecule has 1 aliphatic heterocycles. The van der Waals surface area contributed by atoms with Crippen molar-refractivity contribution in [2.24, 2.45) is 0 Å². The summed E-state index contributed by atoms with van der Waals surface area (Å²) in [5, 5.41) is 12.1. The van der Waals surface area contributed by atoms with Gasteiger partial charge in [0.05, 0.1) is 5.56 Å². The van der Waals surface area contributed by atoms with Crippen LogP contribution in [-0.4, -0.2) is 42.2 Å². The van der Waals surface area contributed by atoms with E-state index in [-0.39, 0.29) is 0 Å². The van der Waals surface area contributed by atoms with Crippen LogP contribution in [0.25, 0.3) is 0 Å². The van der Waals surface area contributed by atoms with E-state index in [0.29, 0.717) is 10.0 Å². The highest BCUT2D eigenvalue weighted by atomic mass is 79.9. The lowest BCUT2D eigenvalue weighted by Crippen LogP contribution is -2.46. The number of aromatic carboxylic acids is 1. The lowest BCUT2D eigenvalue weighted by Gasteiger charge is -2.36. The molecular weight excluding hydrogens is 354 g/mol. The first-order valence-corrected chi connectivity index (χ1v) is 8.24. The number of halogens is 1. The van der Waals surface area contributed by atoms with E-state index >= 15 is 0 Å². The molecule has 0 unspecified atom stereocenters. The minimum atomic E-state index is -0.915. The summed E-state index contributed by atoms with van der Waals surface area (Å²) in [4.78, 5) is 19.9. The summed E-state index contributed by atoms with van der Waals surface area (Å²) in [6, 6.07) is 5.39. The Labute approximate surface area is 135 Å². The Hall–Kier alpha value is -1.60. The second kappa shape index (κ2) is 6.03. The molecule has 1 N–H and O–H groups in total. The molecule has 0 atom stereocenters. The van der Waals surface area contributed by atoms with Crippen molar-refractivity contribution >= 4 is 44.1 Å². The first-order valence-electron chi connectivity index (χ1n) is 6.57. The number of carbonyl (C=O) groups is 1. The number of thiazole rings is 1. The van der Waals surface area contributed by atoms with Crippen LogP contribution >= 0.6 is 27.3 Å². The fourth-order valence-electron chi connectivity index (χ4n) is 2.40. The van der Waals surface area contributed by atoms with Crippen LogP contribution in [0.4, 0.5) is 10.8 Å². The van der Waals surface area contributed by atoms with Crippen LogP contribution in [0.15, 0.2) is 34.2 Å². The molecule has 0 saturated carbocycles. The average Bonchev–Trinajstić information content (AvgIpc) is 3.01. The number of rotatable bonds is 3. The van der Waals surface area contributed by atoms with Crippen LogP contribution in [0.2, 0.25) is 0 Å². The topological polar surface area (TPSA) is 56.7 Å². The summed E-state index contributed by atoms with van der Waals surface area (Å²) in [5.74, 6) is -0.915. The van der Waals surface area contributed by atoms with Gasteiger partial charge in [-0.15, -0.1) is 11.3 Å². The van der Waals surface area contributed by atoms with Gasteiger partial charge in [0.2, 0.25) is 0 Å². The minimum Gasteiger partial charge on any atom is -0.478 e. The van der Waals surface area contributed by atoms with E-state index in [9.17, 15) is 4.79 Å². The molecule has 0 amide bonds. The van der Waals surface area contributed by atoms with Crippen molar-refractivity contribution in [2.45, 2.75) is 0 Å². The average molecular weight is 368 g/mol. The number of benzene rings is 1. The zero-order chi connectivity index (χ0) is 14.8. The second-order valence-electron chi connectivity index (χ2n) is 4.76. The van der Waals surface area contributed by atoms with E-state index in [1.165, 1.54) is 0 Å². The maximum Gasteiger partial charge on any atom is 0.336 e. The predicted octanol–water partition coefficient (Wildman–Crippen LogP) is 2.93. The van der Waals surface area contributed by atoms with E-state index in [0.717, 1.165) is 37.0 Å². The maximum absolute atomic E-state index is 11.0. The standard InChI is InChI=1S/C14H14BrN3O2S/c15-12-9-10(1-2-11(12)13(19)20)17-4-6-18(7-5-17)14-16-3-8-21-14/h1-3,8-9H,4-7H2,(H,19,20). The molecule has 5 nitrogen and oxygen atoms in total. The molecule has 0 bridgehead atoms. The quantitative estimate of drug-likeness (QED) is 0.903. The third kappa shape index (κ3) is 3.03. The van der Waals surface area contributed by atoms with Gasteiger partial charge in [-0.2, -0.15) is 0 Å². The smallest absolute Gasteiger partial charge is 0.336 e. The van der Waals surface area contributed by atoms with Gasteiger partial charge in [-0.05, 0) is 34.1 Å². The largest absolute Gasteiger partial charge is 0.478 e. The number of piperazine rings is 1. The molecule has 1 aliphatic rings. The van der Waals surface area contributed by atoms with Crippen molar-refractivity contribution in [3.63, 3.8) is 0 Å². The Kier molecular flexibility index (Phi) is 4.12. The van der Waals surface area contributed by atoms with Gasteiger partial charge in [0.25, 0.3) is 0 Å². The van der Waals surface area contributed by atoms with Crippen LogP contribution in [0.5, 0.6) is 0 Å². The highest BCUT2D eigenvalue weighted by Crippen LogP contribution is 2.26. The van der Waals surface area contributed by atoms with E-state index in [2.05, 4.69) is 30.7 Å². The third-order valence-electron chi connectivity index (χ3n) is 3.52. The summed E-state index contributed by atoms with van der Waals surface area (Å²) in [6.45, 7) is 3.65. The summed E-state index contributed by atoms with van der Waals surface area (Å²) in [7, 11) is 0. The predicted molar refractivity (Wildman–Crippen MR) is 87.6 cm³/mol. The van der Waals surface area contributed by atoms with Crippen molar-refractivity contribution in [3.8, 4) is 0 Å². The van der Waals surface area contributed by atoms with Gasteiger partial charge in [-0.1, -0.05) is 0 Å². The number of hydrogen-bond acceptors (Lipinski definition) is 5. The molecule has 3 rings (SSSR count). The first-order chi connectivity index (χ1) is 10.1. The summed E-state index contributed by atoms with van der Waals surface area (Å²) < 4.78 is 0.620. The maximum atomic E-state index is 11.0. The molecule has 0 spiro atoms. The number of hydrogen-bond donors (Lipinski definition) is 1. The SMILES string of the molecule is O=C(O)c1ccc(N2CCN(c3nccs3)CC2)cc1Br. The normalized spacial score (nSPS) is 15.3. The fourth-order valence-corrected chi connectivity index (χ4v) is 3.64. The molecular formula is C14H14BrN3O2S. The Morgan fingerprint density at radius 1 is 1.24 bits per heavy atom. The van der Waals surface area contributed by atoms with E-state index in [4.69, 9.17) is 5.11 Å². The van der Waals surface area contributed by atoms with Gasteiger partial charge < -0.3 is 14.9 Å². The van der Waals surface area contributed by atoms with Gasteiger partial charge in [0, 0.05) is 47.9 Å². The van der Waals surface area contributed by atoms with Crippen molar-refractivity contribution in [1.29, 1.82) is 0 Å². The van der Waals surface area contributed by atoms with Gasteiger partial charge in [-0.25, -0.2) is 9.78 Å². The number of carboxylic acid groups (broad SMARTS) is 1. The van der Waals surface area contributed by atoms with Crippen molar-refractivity contribution in [1.82, 2.24) is 4.98 Å². The van der Waals surface area contributed by atoms with E-state index in [1.54, 1.807) is 17.4 Å². The highest BCUT2D eigenvalue weighted by molar-refractivity contribution is 9.10. The van der Waals surface area contributed by atoms with Crippen LogP contribution < -0.4 is 9.80 Å². The van der Waals surface area contributed by atoms with E-state index in [1.807, 2.05) is 23.7 Å². The number of anilines is 2. The summed E-state index contributed by atoms with van der Waals surface area (Å²) in [5.41, 5.74) is 1.34. The molecule has 21 heavy (non-hydrogen) atoms. The lowest BCUT2D eigenvalue weighted by molar-refractivity contribution is 0.0696. The molecule has 0 radical (unpaired) electrons. The molecule has 0 aliphatic carbocycles. The summed E-state index contributed by atoms with van der Waals surface area (Å²) in [6.07, 6.45) is 1.83. The second-order valence-corrected chi connectivity index (χ2v) is 6.49. The lowest BCUT2D eigenvalue weighted by atomic mass is 10.2. The number of nitrogens with zero attached hydrogens (tertiary/aromatic N) is 3. The monoisotopic (exact) mass is 367 g/mol. The number of aromatic nitrogens is 1. The van der Waals surface area contributed by atoms with Crippen molar-refractivity contribution < 1.29 is 9.90 Å².